The van der Waals surface area contributed by atoms with Crippen molar-refractivity contribution in [3.05, 3.63) is 59.2 Å². The van der Waals surface area contributed by atoms with Gasteiger partial charge in [0.1, 0.15) is 5.75 Å². The fourth-order valence-corrected chi connectivity index (χ4v) is 3.11. The fraction of sp³-hybridized carbons (Fsp3) is 0.364. The highest BCUT2D eigenvalue weighted by atomic mass is 16.5. The van der Waals surface area contributed by atoms with Gasteiger partial charge in [-0.15, -0.1) is 0 Å². The second-order valence-electron chi connectivity index (χ2n) is 6.44. The molecule has 2 amide bonds. The number of carbonyl (C=O) groups is 2. The number of nitrogens with one attached hydrogen (secondary N) is 2. The lowest BCUT2D eigenvalue weighted by molar-refractivity contribution is -0.120. The van der Waals surface area contributed by atoms with Gasteiger partial charge in [0.15, 0.2) is 0 Å². The number of anilines is 1. The topological polar surface area (TPSA) is 67.4 Å². The number of benzene rings is 2. The van der Waals surface area contributed by atoms with E-state index in [9.17, 15) is 9.59 Å². The number of amides is 2. The second-order valence-corrected chi connectivity index (χ2v) is 6.44. The zero-order valence-electron chi connectivity index (χ0n) is 16.5. The summed E-state index contributed by atoms with van der Waals surface area (Å²) in [5.74, 6) is 0.432. The van der Waals surface area contributed by atoms with Gasteiger partial charge in [-0.1, -0.05) is 44.2 Å². The van der Waals surface area contributed by atoms with Crippen LogP contribution in [0.2, 0.25) is 0 Å². The molecule has 27 heavy (non-hydrogen) atoms. The SMILES string of the molecule is CCc1cccc(CC)c1NC(=O)C[C@@H](NC(C)=O)c1ccc(OC)cc1. The van der Waals surface area contributed by atoms with Crippen LogP contribution in [0, 0.1) is 0 Å². The molecule has 0 unspecified atom stereocenters. The van der Waals surface area contributed by atoms with Crippen LogP contribution >= 0.6 is 0 Å². The van der Waals surface area contributed by atoms with E-state index in [1.54, 1.807) is 7.11 Å². The van der Waals surface area contributed by atoms with Crippen LogP contribution in [0.3, 0.4) is 0 Å². The van der Waals surface area contributed by atoms with Crippen LogP contribution in [0.4, 0.5) is 5.69 Å². The first-order chi connectivity index (χ1) is 13.0. The maximum atomic E-state index is 12.7. The van der Waals surface area contributed by atoms with Crippen molar-refractivity contribution < 1.29 is 14.3 Å². The van der Waals surface area contributed by atoms with Crippen LogP contribution in [-0.2, 0) is 22.4 Å². The van der Waals surface area contributed by atoms with Gasteiger partial charge < -0.3 is 15.4 Å². The van der Waals surface area contributed by atoms with Crippen molar-refractivity contribution in [3.63, 3.8) is 0 Å². The van der Waals surface area contributed by atoms with E-state index in [1.165, 1.54) is 6.92 Å². The van der Waals surface area contributed by atoms with E-state index in [-0.39, 0.29) is 18.2 Å². The summed E-state index contributed by atoms with van der Waals surface area (Å²) in [6.07, 6.45) is 1.85. The normalized spacial score (nSPS) is 11.6. The molecule has 2 N–H and O–H groups in total. The monoisotopic (exact) mass is 368 g/mol. The number of aryl methyl sites for hydroxylation is 2. The van der Waals surface area contributed by atoms with E-state index >= 15 is 0 Å². The Balaban J connectivity index is 2.20. The molecule has 1 atom stereocenters. The third kappa shape index (κ3) is 5.58. The largest absolute Gasteiger partial charge is 0.497 e. The Morgan fingerprint density at radius 1 is 1.00 bits per heavy atom. The smallest absolute Gasteiger partial charge is 0.226 e. The Morgan fingerprint density at radius 2 is 1.59 bits per heavy atom. The molecule has 5 heteroatoms. The molecule has 0 saturated carbocycles. The maximum Gasteiger partial charge on any atom is 0.226 e. The van der Waals surface area contributed by atoms with E-state index in [0.717, 1.165) is 41.0 Å². The van der Waals surface area contributed by atoms with E-state index in [0.29, 0.717) is 0 Å². The summed E-state index contributed by atoms with van der Waals surface area (Å²) in [5.41, 5.74) is 3.98. The Morgan fingerprint density at radius 3 is 2.07 bits per heavy atom. The van der Waals surface area contributed by atoms with Gasteiger partial charge in [-0.2, -0.15) is 0 Å². The van der Waals surface area contributed by atoms with Crippen LogP contribution in [0.1, 0.15) is 49.9 Å². The number of hydrogen-bond acceptors (Lipinski definition) is 3. The molecule has 0 aromatic heterocycles. The Kier molecular flexibility index (Phi) is 7.41. The molecule has 144 valence electrons. The lowest BCUT2D eigenvalue weighted by Crippen LogP contribution is -2.30. The molecule has 2 aromatic rings. The van der Waals surface area contributed by atoms with Crippen LogP contribution in [0.15, 0.2) is 42.5 Å². The summed E-state index contributed by atoms with van der Waals surface area (Å²) in [5, 5.41) is 5.93. The number of ether oxygens (including phenoxy) is 1. The summed E-state index contributed by atoms with van der Waals surface area (Å²) in [4.78, 5) is 24.4. The minimum absolute atomic E-state index is 0.125. The van der Waals surface area contributed by atoms with Crippen molar-refractivity contribution in [2.75, 3.05) is 12.4 Å². The third-order valence-electron chi connectivity index (χ3n) is 4.55. The highest BCUT2D eigenvalue weighted by Crippen LogP contribution is 2.25. The number of carbonyl (C=O) groups excluding carboxylic acids is 2. The van der Waals surface area contributed by atoms with Gasteiger partial charge in [0.2, 0.25) is 11.8 Å². The highest BCUT2D eigenvalue weighted by Gasteiger charge is 2.19. The Bertz CT molecular complexity index is 762. The number of hydrogen-bond donors (Lipinski definition) is 2. The van der Waals surface area contributed by atoms with Crippen molar-refractivity contribution in [1.29, 1.82) is 0 Å². The van der Waals surface area contributed by atoms with E-state index in [4.69, 9.17) is 4.74 Å². The summed E-state index contributed by atoms with van der Waals surface area (Å²) in [6, 6.07) is 13.1. The lowest BCUT2D eigenvalue weighted by Gasteiger charge is -2.20. The molecule has 0 spiro atoms. The first kappa shape index (κ1) is 20.5. The first-order valence-corrected chi connectivity index (χ1v) is 9.30. The molecule has 5 nitrogen and oxygen atoms in total. The second kappa shape index (κ2) is 9.76. The number of rotatable bonds is 8. The van der Waals surface area contributed by atoms with Crippen LogP contribution in [-0.4, -0.2) is 18.9 Å². The van der Waals surface area contributed by atoms with Crippen LogP contribution in [0.5, 0.6) is 5.75 Å². The van der Waals surface area contributed by atoms with Gasteiger partial charge >= 0.3 is 0 Å². The van der Waals surface area contributed by atoms with Crippen molar-refractivity contribution >= 4 is 17.5 Å². The lowest BCUT2D eigenvalue weighted by atomic mass is 10.0. The van der Waals surface area contributed by atoms with Gasteiger partial charge in [0.25, 0.3) is 0 Å². The van der Waals surface area contributed by atoms with Crippen molar-refractivity contribution in [2.45, 2.75) is 46.1 Å². The maximum absolute atomic E-state index is 12.7. The molecule has 2 rings (SSSR count). The summed E-state index contributed by atoms with van der Waals surface area (Å²) >= 11 is 0. The summed E-state index contributed by atoms with van der Waals surface area (Å²) < 4.78 is 5.17. The molecule has 0 radical (unpaired) electrons. The fourth-order valence-electron chi connectivity index (χ4n) is 3.11. The molecule has 0 heterocycles. The molecule has 0 bridgehead atoms. The molecule has 0 aliphatic carbocycles. The zero-order chi connectivity index (χ0) is 19.8. The Hall–Kier alpha value is -2.82. The Labute approximate surface area is 161 Å². The van der Waals surface area contributed by atoms with Gasteiger partial charge in [0, 0.05) is 12.6 Å². The van der Waals surface area contributed by atoms with Crippen LogP contribution in [0.25, 0.3) is 0 Å². The zero-order valence-corrected chi connectivity index (χ0v) is 16.5. The number of para-hydroxylation sites is 1. The van der Waals surface area contributed by atoms with Gasteiger partial charge in [-0.25, -0.2) is 0 Å². The van der Waals surface area contributed by atoms with Gasteiger partial charge in [-0.05, 0) is 41.7 Å². The average Bonchev–Trinajstić information content (AvgIpc) is 2.67. The predicted molar refractivity (Wildman–Crippen MR) is 108 cm³/mol. The van der Waals surface area contributed by atoms with Crippen LogP contribution < -0.4 is 15.4 Å². The van der Waals surface area contributed by atoms with Gasteiger partial charge in [0.05, 0.1) is 19.6 Å². The van der Waals surface area contributed by atoms with Crippen molar-refractivity contribution in [3.8, 4) is 5.75 Å². The van der Waals surface area contributed by atoms with Crippen molar-refractivity contribution in [1.82, 2.24) is 5.32 Å². The van der Waals surface area contributed by atoms with E-state index in [2.05, 4.69) is 24.5 Å². The average molecular weight is 368 g/mol. The molecular formula is C22H28N2O3. The minimum Gasteiger partial charge on any atom is -0.497 e. The standard InChI is InChI=1S/C22H28N2O3/c1-5-16-8-7-9-17(6-2)22(16)24-21(26)14-20(23-15(3)25)18-10-12-19(27-4)13-11-18/h7-13,20H,5-6,14H2,1-4H3,(H,23,25)(H,24,26)/t20-/m1/s1. The number of methoxy groups -OCH3 is 1. The quantitative estimate of drug-likeness (QED) is 0.739. The molecule has 0 aliphatic heterocycles. The van der Waals surface area contributed by atoms with Gasteiger partial charge in [-0.3, -0.25) is 9.59 Å². The molecule has 0 saturated heterocycles. The molecule has 0 aliphatic rings. The first-order valence-electron chi connectivity index (χ1n) is 9.30. The predicted octanol–water partition coefficient (Wildman–Crippen LogP) is 4.03. The third-order valence-corrected chi connectivity index (χ3v) is 4.55. The summed E-state index contributed by atoms with van der Waals surface area (Å²) in [6.45, 7) is 5.60. The molecule has 2 aromatic carbocycles. The van der Waals surface area contributed by atoms with Crippen molar-refractivity contribution in [2.24, 2.45) is 0 Å². The molecular weight excluding hydrogens is 340 g/mol. The highest BCUT2D eigenvalue weighted by molar-refractivity contribution is 5.93. The van der Waals surface area contributed by atoms with E-state index < -0.39 is 6.04 Å². The summed E-state index contributed by atoms with van der Waals surface area (Å²) in [7, 11) is 1.60. The van der Waals surface area contributed by atoms with E-state index in [1.807, 2.05) is 42.5 Å². The minimum atomic E-state index is -0.396. The molecule has 0 fully saturated rings.